The Bertz CT molecular complexity index is 708. The van der Waals surface area contributed by atoms with Crippen molar-refractivity contribution in [3.05, 3.63) is 34.7 Å². The van der Waals surface area contributed by atoms with Crippen molar-refractivity contribution in [2.24, 2.45) is 0 Å². The van der Waals surface area contributed by atoms with E-state index in [1.165, 1.54) is 11.3 Å². The molecule has 0 aliphatic heterocycles. The topological polar surface area (TPSA) is 53.1 Å². The third-order valence-electron chi connectivity index (χ3n) is 2.73. The van der Waals surface area contributed by atoms with Crippen molar-refractivity contribution < 1.29 is 9.90 Å². The highest BCUT2D eigenvalue weighted by Crippen LogP contribution is 2.35. The molecule has 2 heterocycles. The number of rotatable bonds is 1. The second-order valence-corrected chi connectivity index (χ2v) is 4.94. The summed E-state index contributed by atoms with van der Waals surface area (Å²) in [4.78, 5) is 15.2. The van der Waals surface area contributed by atoms with Crippen LogP contribution in [0.1, 0.15) is 15.2 Å². The van der Waals surface area contributed by atoms with Gasteiger partial charge in [-0.1, -0.05) is 18.2 Å². The molecule has 3 nitrogen and oxygen atoms in total. The molecule has 0 saturated carbocycles. The van der Waals surface area contributed by atoms with Crippen LogP contribution in [0, 0.1) is 6.92 Å². The minimum absolute atomic E-state index is 0.399. The quantitative estimate of drug-likeness (QED) is 0.674. The van der Waals surface area contributed by atoms with Gasteiger partial charge in [-0.2, -0.15) is 0 Å². The monoisotopic (exact) mass is 231 g/mol. The number of aromatic carboxylic acids is 1. The summed E-state index contributed by atoms with van der Waals surface area (Å²) in [5.41, 5.74) is 2.14. The molecule has 0 saturated heterocycles. The Balaban J connectivity index is 2.53. The molecule has 4 heteroatoms. The predicted octanol–water partition coefficient (Wildman–Crippen LogP) is 3.39. The van der Waals surface area contributed by atoms with Crippen LogP contribution in [0.15, 0.2) is 24.3 Å². The highest BCUT2D eigenvalue weighted by molar-refractivity contribution is 7.20. The number of hydrogen-bond acceptors (Lipinski definition) is 2. The van der Waals surface area contributed by atoms with Crippen LogP contribution in [0.2, 0.25) is 0 Å². The van der Waals surface area contributed by atoms with Gasteiger partial charge in [0.15, 0.2) is 0 Å². The number of aromatic nitrogens is 1. The molecule has 0 unspecified atom stereocenters. The number of carboxylic acid groups (broad SMARTS) is 1. The third kappa shape index (κ3) is 1.10. The predicted molar refractivity (Wildman–Crippen MR) is 65.4 cm³/mol. The molecule has 2 aromatic heterocycles. The van der Waals surface area contributed by atoms with Gasteiger partial charge in [-0.3, -0.25) is 0 Å². The first kappa shape index (κ1) is 9.42. The summed E-state index contributed by atoms with van der Waals surface area (Å²) in [6, 6.07) is 7.87. The molecule has 0 fully saturated rings. The van der Waals surface area contributed by atoms with E-state index in [0.29, 0.717) is 5.56 Å². The highest BCUT2D eigenvalue weighted by Gasteiger charge is 2.18. The van der Waals surface area contributed by atoms with Crippen molar-refractivity contribution in [1.82, 2.24) is 4.98 Å². The summed E-state index contributed by atoms with van der Waals surface area (Å²) in [5.74, 6) is -0.865. The number of carboxylic acids is 1. The molecule has 0 spiro atoms. The van der Waals surface area contributed by atoms with Gasteiger partial charge in [-0.05, 0) is 13.0 Å². The lowest BCUT2D eigenvalue weighted by molar-refractivity contribution is 0.0698. The molecular formula is C12H9NO2S. The fourth-order valence-electron chi connectivity index (χ4n) is 2.04. The third-order valence-corrected chi connectivity index (χ3v) is 3.87. The number of hydrogen-bond donors (Lipinski definition) is 2. The van der Waals surface area contributed by atoms with E-state index in [2.05, 4.69) is 4.98 Å². The standard InChI is InChI=1S/C12H9NO2S/c1-6-9(12(14)15)10-11(16-6)7-4-2-3-5-8(7)13-10/h2-5,13H,1H3,(H,14,15). The molecule has 0 atom stereocenters. The van der Waals surface area contributed by atoms with Crippen LogP contribution in [-0.2, 0) is 0 Å². The second kappa shape index (κ2) is 3.09. The van der Waals surface area contributed by atoms with Crippen LogP contribution in [0.4, 0.5) is 0 Å². The van der Waals surface area contributed by atoms with E-state index in [-0.39, 0.29) is 0 Å². The molecule has 0 radical (unpaired) electrons. The van der Waals surface area contributed by atoms with Gasteiger partial charge in [0.2, 0.25) is 0 Å². The van der Waals surface area contributed by atoms with Crippen LogP contribution in [0.25, 0.3) is 21.1 Å². The van der Waals surface area contributed by atoms with Crippen LogP contribution in [0.5, 0.6) is 0 Å². The average Bonchev–Trinajstić information content (AvgIpc) is 2.71. The SMILES string of the molecule is Cc1sc2c([nH]c3ccccc32)c1C(=O)O. The Morgan fingerprint density at radius 1 is 1.38 bits per heavy atom. The lowest BCUT2D eigenvalue weighted by Gasteiger charge is -1.91. The van der Waals surface area contributed by atoms with Crippen LogP contribution < -0.4 is 0 Å². The summed E-state index contributed by atoms with van der Waals surface area (Å²) in [6.07, 6.45) is 0. The summed E-state index contributed by atoms with van der Waals surface area (Å²) in [5, 5.41) is 10.3. The summed E-state index contributed by atoms with van der Waals surface area (Å²) >= 11 is 1.53. The number of nitrogens with one attached hydrogen (secondary N) is 1. The van der Waals surface area contributed by atoms with Crippen molar-refractivity contribution in [3.8, 4) is 0 Å². The summed E-state index contributed by atoms with van der Waals surface area (Å²) in [7, 11) is 0. The number of carbonyl (C=O) groups is 1. The van der Waals surface area contributed by atoms with E-state index in [9.17, 15) is 4.79 Å². The average molecular weight is 231 g/mol. The van der Waals surface area contributed by atoms with Crippen molar-refractivity contribution in [2.75, 3.05) is 0 Å². The number of para-hydroxylation sites is 1. The largest absolute Gasteiger partial charge is 0.478 e. The first-order valence-electron chi connectivity index (χ1n) is 4.91. The van der Waals surface area contributed by atoms with Crippen LogP contribution in [0.3, 0.4) is 0 Å². The minimum atomic E-state index is -0.865. The Morgan fingerprint density at radius 3 is 2.88 bits per heavy atom. The van der Waals surface area contributed by atoms with Crippen LogP contribution in [-0.4, -0.2) is 16.1 Å². The highest BCUT2D eigenvalue weighted by atomic mass is 32.1. The number of H-pyrrole nitrogens is 1. The zero-order chi connectivity index (χ0) is 11.3. The molecule has 0 amide bonds. The van der Waals surface area contributed by atoms with Gasteiger partial charge < -0.3 is 10.1 Å². The van der Waals surface area contributed by atoms with Gasteiger partial charge in [-0.15, -0.1) is 11.3 Å². The van der Waals surface area contributed by atoms with Gasteiger partial charge in [0, 0.05) is 15.8 Å². The number of benzene rings is 1. The Kier molecular flexibility index (Phi) is 1.82. The summed E-state index contributed by atoms with van der Waals surface area (Å²) < 4.78 is 1.03. The van der Waals surface area contributed by atoms with E-state index in [1.54, 1.807) is 0 Å². The summed E-state index contributed by atoms with van der Waals surface area (Å²) in [6.45, 7) is 1.84. The van der Waals surface area contributed by atoms with Crippen molar-refractivity contribution in [2.45, 2.75) is 6.92 Å². The fraction of sp³-hybridized carbons (Fsp3) is 0.0833. The molecule has 3 rings (SSSR count). The molecule has 0 bridgehead atoms. The lowest BCUT2D eigenvalue weighted by atomic mass is 10.2. The van der Waals surface area contributed by atoms with E-state index >= 15 is 0 Å². The fourth-order valence-corrected chi connectivity index (χ4v) is 3.18. The molecule has 1 aromatic carbocycles. The molecule has 2 N–H and O–H groups in total. The molecule has 3 aromatic rings. The first-order chi connectivity index (χ1) is 7.68. The van der Waals surface area contributed by atoms with E-state index in [1.807, 2.05) is 31.2 Å². The van der Waals surface area contributed by atoms with Crippen molar-refractivity contribution in [3.63, 3.8) is 0 Å². The zero-order valence-electron chi connectivity index (χ0n) is 8.57. The van der Waals surface area contributed by atoms with Gasteiger partial charge in [0.25, 0.3) is 0 Å². The molecule has 0 aliphatic carbocycles. The number of aryl methyl sites for hydroxylation is 1. The zero-order valence-corrected chi connectivity index (χ0v) is 9.39. The maximum absolute atomic E-state index is 11.2. The first-order valence-corrected chi connectivity index (χ1v) is 5.73. The Morgan fingerprint density at radius 2 is 2.12 bits per heavy atom. The molecule has 80 valence electrons. The van der Waals surface area contributed by atoms with E-state index in [4.69, 9.17) is 5.11 Å². The van der Waals surface area contributed by atoms with Gasteiger partial charge >= 0.3 is 5.97 Å². The number of aromatic amines is 1. The van der Waals surface area contributed by atoms with Gasteiger partial charge in [0.05, 0.1) is 15.8 Å². The van der Waals surface area contributed by atoms with Crippen LogP contribution >= 0.6 is 11.3 Å². The lowest BCUT2D eigenvalue weighted by Crippen LogP contribution is -1.96. The van der Waals surface area contributed by atoms with E-state index in [0.717, 1.165) is 26.0 Å². The smallest absolute Gasteiger partial charge is 0.338 e. The molecular weight excluding hydrogens is 222 g/mol. The van der Waals surface area contributed by atoms with Gasteiger partial charge in [0.1, 0.15) is 0 Å². The number of fused-ring (bicyclic) bond motifs is 3. The maximum atomic E-state index is 11.2. The second-order valence-electron chi connectivity index (χ2n) is 3.71. The Hall–Kier alpha value is -1.81. The normalized spacial score (nSPS) is 11.3. The minimum Gasteiger partial charge on any atom is -0.478 e. The molecule has 16 heavy (non-hydrogen) atoms. The van der Waals surface area contributed by atoms with Crippen molar-refractivity contribution in [1.29, 1.82) is 0 Å². The Labute approximate surface area is 95.3 Å². The van der Waals surface area contributed by atoms with Gasteiger partial charge in [-0.25, -0.2) is 4.79 Å². The number of thiophene rings is 1. The maximum Gasteiger partial charge on any atom is 0.338 e. The molecule has 0 aliphatic rings. The van der Waals surface area contributed by atoms with E-state index < -0.39 is 5.97 Å². The van der Waals surface area contributed by atoms with Crippen molar-refractivity contribution >= 4 is 38.4 Å².